The van der Waals surface area contributed by atoms with Crippen LogP contribution in [0.4, 0.5) is 0 Å². The van der Waals surface area contributed by atoms with Crippen molar-refractivity contribution in [2.24, 2.45) is 5.41 Å². The second-order valence-electron chi connectivity index (χ2n) is 8.26. The highest BCUT2D eigenvalue weighted by Gasteiger charge is 2.48. The lowest BCUT2D eigenvalue weighted by Crippen LogP contribution is -2.52. The first-order valence-corrected chi connectivity index (χ1v) is 9.69. The molecule has 0 bridgehead atoms. The molecule has 1 atom stereocenters. The molecular weight excluding hydrogens is 346 g/mol. The molecule has 0 aromatic heterocycles. The van der Waals surface area contributed by atoms with Gasteiger partial charge >= 0.3 is 0 Å². The van der Waals surface area contributed by atoms with Crippen LogP contribution in [0.3, 0.4) is 0 Å². The van der Waals surface area contributed by atoms with Crippen LogP contribution in [-0.2, 0) is 16.1 Å². The van der Waals surface area contributed by atoms with Crippen LogP contribution < -0.4 is 15.4 Å². The summed E-state index contributed by atoms with van der Waals surface area (Å²) in [5, 5.41) is 5.77. The van der Waals surface area contributed by atoms with Gasteiger partial charge in [-0.3, -0.25) is 19.7 Å². The molecule has 7 nitrogen and oxygen atoms in total. The lowest BCUT2D eigenvalue weighted by Gasteiger charge is -2.44. The van der Waals surface area contributed by atoms with E-state index in [-0.39, 0.29) is 30.2 Å². The van der Waals surface area contributed by atoms with Crippen LogP contribution in [0.15, 0.2) is 18.2 Å². The average Bonchev–Trinajstić information content (AvgIpc) is 3.22. The highest BCUT2D eigenvalue weighted by atomic mass is 16.5. The fraction of sp³-hybridized carbons (Fsp3) is 0.550. The first kappa shape index (κ1) is 16.7. The molecule has 4 aliphatic rings. The Morgan fingerprint density at radius 1 is 1.19 bits per heavy atom. The number of carbonyl (C=O) groups excluding carboxylic acids is 3. The maximum Gasteiger partial charge on any atom is 0.255 e. The molecule has 1 spiro atoms. The Bertz CT molecular complexity index is 823. The predicted octanol–water partition coefficient (Wildman–Crippen LogP) is 0.968. The topological polar surface area (TPSA) is 87.7 Å². The summed E-state index contributed by atoms with van der Waals surface area (Å²) in [5.74, 6) is -0.0641. The van der Waals surface area contributed by atoms with E-state index in [0.717, 1.165) is 37.2 Å². The minimum atomic E-state index is -0.591. The Morgan fingerprint density at radius 2 is 2.04 bits per heavy atom. The van der Waals surface area contributed by atoms with Gasteiger partial charge in [0, 0.05) is 24.1 Å². The monoisotopic (exact) mass is 369 g/mol. The van der Waals surface area contributed by atoms with E-state index in [1.54, 1.807) is 11.0 Å². The summed E-state index contributed by atoms with van der Waals surface area (Å²) >= 11 is 0. The molecule has 7 heteroatoms. The van der Waals surface area contributed by atoms with Crippen LogP contribution in [0, 0.1) is 5.41 Å². The van der Waals surface area contributed by atoms with Crippen LogP contribution in [0.1, 0.15) is 48.0 Å². The molecule has 1 unspecified atom stereocenters. The zero-order chi connectivity index (χ0) is 18.6. The number of benzene rings is 1. The van der Waals surface area contributed by atoms with Gasteiger partial charge in [-0.2, -0.15) is 0 Å². The van der Waals surface area contributed by atoms with Crippen molar-refractivity contribution < 1.29 is 19.1 Å². The fourth-order valence-corrected chi connectivity index (χ4v) is 4.98. The molecule has 3 heterocycles. The number of nitrogens with zero attached hydrogens (tertiary/aromatic N) is 1. The Labute approximate surface area is 157 Å². The third-order valence-corrected chi connectivity index (χ3v) is 6.49. The molecule has 3 amide bonds. The van der Waals surface area contributed by atoms with E-state index in [2.05, 4.69) is 10.6 Å². The molecule has 142 valence electrons. The van der Waals surface area contributed by atoms with Gasteiger partial charge in [-0.15, -0.1) is 0 Å². The molecule has 0 radical (unpaired) electrons. The molecule has 1 saturated carbocycles. The van der Waals surface area contributed by atoms with Crippen molar-refractivity contribution in [2.75, 3.05) is 13.1 Å². The van der Waals surface area contributed by atoms with Gasteiger partial charge in [0.15, 0.2) is 0 Å². The third kappa shape index (κ3) is 2.72. The van der Waals surface area contributed by atoms with Gasteiger partial charge in [-0.1, -0.05) is 6.07 Å². The molecule has 27 heavy (non-hydrogen) atoms. The first-order chi connectivity index (χ1) is 13.0. The van der Waals surface area contributed by atoms with Gasteiger partial charge in [0.25, 0.3) is 5.91 Å². The van der Waals surface area contributed by atoms with Crippen LogP contribution >= 0.6 is 0 Å². The van der Waals surface area contributed by atoms with Gasteiger partial charge < -0.3 is 15.0 Å². The minimum Gasteiger partial charge on any atom is -0.490 e. The van der Waals surface area contributed by atoms with Gasteiger partial charge in [0.2, 0.25) is 11.8 Å². The van der Waals surface area contributed by atoms with E-state index in [0.29, 0.717) is 23.9 Å². The quantitative estimate of drug-likeness (QED) is 0.775. The van der Waals surface area contributed by atoms with Crippen LogP contribution in [-0.4, -0.2) is 47.9 Å². The summed E-state index contributed by atoms with van der Waals surface area (Å²) in [4.78, 5) is 38.0. The van der Waals surface area contributed by atoms with E-state index in [9.17, 15) is 14.4 Å². The molecular formula is C20H23N3O4. The number of fused-ring (bicyclic) bond motifs is 1. The van der Waals surface area contributed by atoms with Crippen molar-refractivity contribution in [3.63, 3.8) is 0 Å². The summed E-state index contributed by atoms with van der Waals surface area (Å²) in [6.07, 6.45) is 4.14. The molecule has 3 fully saturated rings. The second kappa shape index (κ2) is 6.05. The molecule has 5 rings (SSSR count). The van der Waals surface area contributed by atoms with Crippen LogP contribution in [0.25, 0.3) is 0 Å². The number of rotatable bonds is 3. The number of ether oxygens (including phenoxy) is 1. The Balaban J connectivity index is 1.32. The van der Waals surface area contributed by atoms with Crippen LogP contribution in [0.2, 0.25) is 0 Å². The molecule has 1 aromatic carbocycles. The smallest absolute Gasteiger partial charge is 0.255 e. The molecule has 2 saturated heterocycles. The fourth-order valence-electron chi connectivity index (χ4n) is 4.98. The van der Waals surface area contributed by atoms with Crippen molar-refractivity contribution in [1.82, 2.24) is 15.5 Å². The summed E-state index contributed by atoms with van der Waals surface area (Å²) in [6.45, 7) is 2.51. The van der Waals surface area contributed by atoms with E-state index >= 15 is 0 Å². The molecule has 1 aromatic rings. The van der Waals surface area contributed by atoms with Gasteiger partial charge in [-0.25, -0.2) is 0 Å². The number of hydrogen-bond donors (Lipinski definition) is 2. The maximum atomic E-state index is 12.8. The summed E-state index contributed by atoms with van der Waals surface area (Å²) in [5.41, 5.74) is 1.86. The Kier molecular flexibility index (Phi) is 3.75. The van der Waals surface area contributed by atoms with Gasteiger partial charge in [0.1, 0.15) is 11.8 Å². The van der Waals surface area contributed by atoms with Gasteiger partial charge in [-0.05, 0) is 49.8 Å². The number of imide groups is 1. The molecule has 3 aliphatic heterocycles. The SMILES string of the molecule is O=C1CCC(N2Cc3c(OC4CC5(CCNC5)C4)cccc3C2=O)C(=O)N1. The predicted molar refractivity (Wildman–Crippen MR) is 96.1 cm³/mol. The normalized spacial score (nSPS) is 32.4. The molecule has 2 N–H and O–H groups in total. The minimum absolute atomic E-state index is 0.157. The van der Waals surface area contributed by atoms with Crippen molar-refractivity contribution in [3.8, 4) is 5.75 Å². The van der Waals surface area contributed by atoms with Crippen molar-refractivity contribution in [3.05, 3.63) is 29.3 Å². The van der Waals surface area contributed by atoms with Crippen molar-refractivity contribution in [1.29, 1.82) is 0 Å². The summed E-state index contributed by atoms with van der Waals surface area (Å²) < 4.78 is 6.25. The standard InChI is InChI=1S/C20H23N3O4/c24-17-5-4-15(18(25)22-17)23-10-14-13(19(23)26)2-1-3-16(14)27-12-8-20(9-12)6-7-21-11-20/h1-3,12,15,21H,4-11H2,(H,22,24,25). The van der Waals surface area contributed by atoms with Crippen molar-refractivity contribution in [2.45, 2.75) is 50.8 Å². The van der Waals surface area contributed by atoms with Gasteiger partial charge in [0.05, 0.1) is 12.6 Å². The second-order valence-corrected chi connectivity index (χ2v) is 8.26. The number of hydrogen-bond acceptors (Lipinski definition) is 5. The summed E-state index contributed by atoms with van der Waals surface area (Å²) in [6, 6.07) is 4.95. The first-order valence-electron chi connectivity index (χ1n) is 9.69. The maximum absolute atomic E-state index is 12.8. The Hall–Kier alpha value is -2.41. The number of carbonyl (C=O) groups is 3. The zero-order valence-corrected chi connectivity index (χ0v) is 15.1. The molecule has 1 aliphatic carbocycles. The Morgan fingerprint density at radius 3 is 2.78 bits per heavy atom. The lowest BCUT2D eigenvalue weighted by molar-refractivity contribution is -0.136. The highest BCUT2D eigenvalue weighted by molar-refractivity contribution is 6.05. The average molecular weight is 369 g/mol. The van der Waals surface area contributed by atoms with Crippen LogP contribution in [0.5, 0.6) is 5.75 Å². The van der Waals surface area contributed by atoms with E-state index in [1.807, 2.05) is 12.1 Å². The number of nitrogens with one attached hydrogen (secondary N) is 2. The number of piperidine rings is 1. The largest absolute Gasteiger partial charge is 0.490 e. The van der Waals surface area contributed by atoms with E-state index in [1.165, 1.54) is 6.42 Å². The zero-order valence-electron chi connectivity index (χ0n) is 15.1. The third-order valence-electron chi connectivity index (χ3n) is 6.49. The summed E-state index contributed by atoms with van der Waals surface area (Å²) in [7, 11) is 0. The van der Waals surface area contributed by atoms with Crippen molar-refractivity contribution >= 4 is 17.7 Å². The number of amides is 3. The lowest BCUT2D eigenvalue weighted by atomic mass is 9.66. The van der Waals surface area contributed by atoms with E-state index in [4.69, 9.17) is 4.74 Å². The highest BCUT2D eigenvalue weighted by Crippen LogP contribution is 2.48. The van der Waals surface area contributed by atoms with E-state index < -0.39 is 6.04 Å².